The van der Waals surface area contributed by atoms with E-state index in [1.54, 1.807) is 24.3 Å². The fourth-order valence-electron chi connectivity index (χ4n) is 2.48. The second-order valence-corrected chi connectivity index (χ2v) is 7.72. The quantitative estimate of drug-likeness (QED) is 0.329. The molecule has 0 aliphatic rings. The van der Waals surface area contributed by atoms with Crippen LogP contribution in [0.1, 0.15) is 27.9 Å². The number of allylic oxidation sites excluding steroid dienone is 1. The third-order valence-corrected chi connectivity index (χ3v) is 5.46. The largest absolute Gasteiger partial charge is 0.494 e. The number of aryl methyl sites for hydroxylation is 1. The Labute approximate surface area is 177 Å². The number of carbonyl (C=O) groups is 1. The molecule has 0 atom stereocenters. The van der Waals surface area contributed by atoms with Crippen molar-refractivity contribution in [1.82, 2.24) is 4.98 Å². The van der Waals surface area contributed by atoms with Crippen molar-refractivity contribution in [3.05, 3.63) is 74.7 Å². The summed E-state index contributed by atoms with van der Waals surface area (Å²) < 4.78 is 5.43. The first kappa shape index (κ1) is 20.4. The monoisotopic (exact) mass is 432 g/mol. The van der Waals surface area contributed by atoms with Crippen molar-refractivity contribution in [2.45, 2.75) is 13.8 Å². The zero-order chi connectivity index (χ0) is 20.1. The van der Waals surface area contributed by atoms with Gasteiger partial charge in [-0.3, -0.25) is 4.79 Å². The van der Waals surface area contributed by atoms with Gasteiger partial charge in [0.1, 0.15) is 5.75 Å². The van der Waals surface area contributed by atoms with Crippen molar-refractivity contribution < 1.29 is 9.53 Å². The first-order valence-corrected chi connectivity index (χ1v) is 10.2. The molecule has 144 valence electrons. The minimum absolute atomic E-state index is 0.124. The van der Waals surface area contributed by atoms with Crippen molar-refractivity contribution in [3.63, 3.8) is 0 Å². The number of carbonyl (C=O) groups excluding carboxylic acids is 1. The average Bonchev–Trinajstić information content (AvgIpc) is 3.03. The lowest BCUT2D eigenvalue weighted by molar-refractivity contribution is 0.105. The smallest absolute Gasteiger partial charge is 0.197 e. The maximum absolute atomic E-state index is 12.6. The standard InChI is InChI=1S/C21H18Cl2N2O2S/c1-3-27-17-9-7-16(8-10-17)25-21-24-13(2)20(28-21)19(26)11-5-14-4-6-15(22)12-18(14)23/h4-12H,3H2,1-2H3,(H,24,25)/b11-5-. The van der Waals surface area contributed by atoms with E-state index in [2.05, 4.69) is 10.3 Å². The zero-order valence-corrected chi connectivity index (χ0v) is 17.7. The minimum Gasteiger partial charge on any atom is -0.494 e. The summed E-state index contributed by atoms with van der Waals surface area (Å²) in [5, 5.41) is 4.92. The SMILES string of the molecule is CCOc1ccc(Nc2nc(C)c(C(=O)/C=C\c3ccc(Cl)cc3Cl)s2)cc1. The van der Waals surface area contributed by atoms with Gasteiger partial charge in [-0.15, -0.1) is 0 Å². The number of rotatable bonds is 7. The van der Waals surface area contributed by atoms with Gasteiger partial charge in [0, 0.05) is 15.7 Å². The third kappa shape index (κ3) is 5.13. The molecule has 1 aromatic heterocycles. The predicted molar refractivity (Wildman–Crippen MR) is 118 cm³/mol. The summed E-state index contributed by atoms with van der Waals surface area (Å²) in [6.07, 6.45) is 3.18. The number of benzene rings is 2. The molecule has 0 saturated heterocycles. The number of anilines is 2. The van der Waals surface area contributed by atoms with Crippen LogP contribution >= 0.6 is 34.5 Å². The van der Waals surface area contributed by atoms with Crippen LogP contribution in [0.25, 0.3) is 6.08 Å². The van der Waals surface area contributed by atoms with Crippen LogP contribution in [-0.4, -0.2) is 17.4 Å². The lowest BCUT2D eigenvalue weighted by Gasteiger charge is -2.05. The van der Waals surface area contributed by atoms with Crippen LogP contribution < -0.4 is 10.1 Å². The number of ketones is 1. The predicted octanol–water partition coefficient (Wildman–Crippen LogP) is 6.80. The van der Waals surface area contributed by atoms with Crippen LogP contribution in [0.3, 0.4) is 0 Å². The van der Waals surface area contributed by atoms with E-state index >= 15 is 0 Å². The van der Waals surface area contributed by atoms with Crippen LogP contribution in [0.2, 0.25) is 10.0 Å². The molecule has 1 N–H and O–H groups in total. The molecule has 7 heteroatoms. The van der Waals surface area contributed by atoms with Crippen LogP contribution in [0.4, 0.5) is 10.8 Å². The lowest BCUT2D eigenvalue weighted by Crippen LogP contribution is -1.93. The van der Waals surface area contributed by atoms with Crippen LogP contribution in [0.15, 0.2) is 48.5 Å². The van der Waals surface area contributed by atoms with Gasteiger partial charge in [0.2, 0.25) is 0 Å². The molecular formula is C21H18Cl2N2O2S. The molecule has 0 bridgehead atoms. The van der Waals surface area contributed by atoms with Crippen molar-refractivity contribution in [3.8, 4) is 5.75 Å². The van der Waals surface area contributed by atoms with Gasteiger partial charge in [-0.2, -0.15) is 0 Å². The molecule has 0 spiro atoms. The summed E-state index contributed by atoms with van der Waals surface area (Å²) >= 11 is 13.3. The van der Waals surface area contributed by atoms with Crippen molar-refractivity contribution in [2.75, 3.05) is 11.9 Å². The molecule has 3 aromatic rings. The van der Waals surface area contributed by atoms with Crippen LogP contribution in [-0.2, 0) is 0 Å². The maximum Gasteiger partial charge on any atom is 0.197 e. The van der Waals surface area contributed by atoms with E-state index in [4.69, 9.17) is 27.9 Å². The van der Waals surface area contributed by atoms with Crippen molar-refractivity contribution >= 4 is 57.2 Å². The molecule has 0 radical (unpaired) electrons. The molecule has 1 heterocycles. The highest BCUT2D eigenvalue weighted by atomic mass is 35.5. The fourth-order valence-corrected chi connectivity index (χ4v) is 3.86. The van der Waals surface area contributed by atoms with Gasteiger partial charge in [0.05, 0.1) is 17.2 Å². The molecule has 4 nitrogen and oxygen atoms in total. The Hall–Kier alpha value is -2.34. The number of aromatic nitrogens is 1. The van der Waals surface area contributed by atoms with E-state index in [0.29, 0.717) is 32.4 Å². The van der Waals surface area contributed by atoms with Gasteiger partial charge in [0.15, 0.2) is 10.9 Å². The van der Waals surface area contributed by atoms with Crippen LogP contribution in [0, 0.1) is 6.92 Å². The number of nitrogens with one attached hydrogen (secondary N) is 1. The summed E-state index contributed by atoms with van der Waals surface area (Å²) in [5.74, 6) is 0.686. The van der Waals surface area contributed by atoms with Gasteiger partial charge in [-0.1, -0.05) is 40.6 Å². The maximum atomic E-state index is 12.6. The number of hydrogen-bond acceptors (Lipinski definition) is 5. The third-order valence-electron chi connectivity index (χ3n) is 3.81. The topological polar surface area (TPSA) is 51.2 Å². The van der Waals surface area contributed by atoms with E-state index in [1.165, 1.54) is 17.4 Å². The second kappa shape index (κ2) is 9.24. The molecule has 0 amide bonds. The highest BCUT2D eigenvalue weighted by Gasteiger charge is 2.13. The van der Waals surface area contributed by atoms with Crippen molar-refractivity contribution in [1.29, 1.82) is 0 Å². The number of ether oxygens (including phenoxy) is 1. The zero-order valence-electron chi connectivity index (χ0n) is 15.3. The highest BCUT2D eigenvalue weighted by Crippen LogP contribution is 2.28. The molecule has 3 rings (SSSR count). The minimum atomic E-state index is -0.124. The summed E-state index contributed by atoms with van der Waals surface area (Å²) in [7, 11) is 0. The molecule has 0 unspecified atom stereocenters. The number of hydrogen-bond donors (Lipinski definition) is 1. The Bertz CT molecular complexity index is 1010. The first-order valence-electron chi connectivity index (χ1n) is 8.61. The Morgan fingerprint density at radius 1 is 1.21 bits per heavy atom. The van der Waals surface area contributed by atoms with E-state index < -0.39 is 0 Å². The van der Waals surface area contributed by atoms with Crippen molar-refractivity contribution in [2.24, 2.45) is 0 Å². The fraction of sp³-hybridized carbons (Fsp3) is 0.143. The number of halogens is 2. The molecule has 0 aliphatic heterocycles. The number of nitrogens with zero attached hydrogens (tertiary/aromatic N) is 1. The highest BCUT2D eigenvalue weighted by molar-refractivity contribution is 7.17. The summed E-state index contributed by atoms with van der Waals surface area (Å²) in [6.45, 7) is 4.38. The van der Waals surface area contributed by atoms with Gasteiger partial charge < -0.3 is 10.1 Å². The average molecular weight is 433 g/mol. The molecular weight excluding hydrogens is 415 g/mol. The molecule has 2 aromatic carbocycles. The normalized spacial score (nSPS) is 11.0. The Morgan fingerprint density at radius 3 is 2.64 bits per heavy atom. The summed E-state index contributed by atoms with van der Waals surface area (Å²) in [4.78, 5) is 17.6. The van der Waals surface area contributed by atoms with Gasteiger partial charge >= 0.3 is 0 Å². The van der Waals surface area contributed by atoms with E-state index in [-0.39, 0.29) is 5.78 Å². The molecule has 0 fully saturated rings. The van der Waals surface area contributed by atoms with E-state index in [0.717, 1.165) is 17.0 Å². The van der Waals surface area contributed by atoms with Gasteiger partial charge in [-0.05, 0) is 68.0 Å². The van der Waals surface area contributed by atoms with Gasteiger partial charge in [0.25, 0.3) is 0 Å². The van der Waals surface area contributed by atoms with E-state index in [1.807, 2.05) is 38.1 Å². The van der Waals surface area contributed by atoms with E-state index in [9.17, 15) is 4.79 Å². The van der Waals surface area contributed by atoms with Crippen LogP contribution in [0.5, 0.6) is 5.75 Å². The lowest BCUT2D eigenvalue weighted by atomic mass is 10.2. The molecule has 28 heavy (non-hydrogen) atoms. The second-order valence-electron chi connectivity index (χ2n) is 5.88. The Kier molecular flexibility index (Phi) is 6.73. The van der Waals surface area contributed by atoms with Gasteiger partial charge in [-0.25, -0.2) is 4.98 Å². The number of thiazole rings is 1. The Balaban J connectivity index is 1.72. The Morgan fingerprint density at radius 2 is 1.96 bits per heavy atom. The molecule has 0 aliphatic carbocycles. The first-order chi connectivity index (χ1) is 13.5. The molecule has 0 saturated carbocycles. The summed E-state index contributed by atoms with van der Waals surface area (Å²) in [6, 6.07) is 12.7. The summed E-state index contributed by atoms with van der Waals surface area (Å²) in [5.41, 5.74) is 2.28.